The number of hydrogen-bond acceptors (Lipinski definition) is 18. The van der Waals surface area contributed by atoms with Crippen LogP contribution in [0.3, 0.4) is 0 Å². The number of nitrogens with one attached hydrogen (secondary N) is 1. The fourth-order valence-electron chi connectivity index (χ4n) is 9.45. The summed E-state index contributed by atoms with van der Waals surface area (Å²) >= 11 is 0. The minimum absolute atomic E-state index is 0.217. The number of amides is 1. The van der Waals surface area contributed by atoms with E-state index < -0.39 is 124 Å². The van der Waals surface area contributed by atoms with Gasteiger partial charge in [-0.05, 0) is 64.2 Å². The summed E-state index contributed by atoms with van der Waals surface area (Å²) in [6, 6.07) is -0.986. The van der Waals surface area contributed by atoms with Crippen molar-refractivity contribution in [1.82, 2.24) is 5.32 Å². The number of unbranched alkanes of at least 4 members (excludes halogenated alkanes) is 15. The molecule has 3 rings (SSSR count). The van der Waals surface area contributed by atoms with E-state index in [0.29, 0.717) is 6.42 Å². The topological polar surface area (TPSA) is 307 Å². The van der Waals surface area contributed by atoms with E-state index in [-0.39, 0.29) is 18.9 Å². The molecule has 19 nitrogen and oxygen atoms in total. The first-order valence-electron chi connectivity index (χ1n) is 29.2. The zero-order valence-electron chi connectivity index (χ0n) is 46.6. The third-order valence-electron chi connectivity index (χ3n) is 14.3. The van der Waals surface area contributed by atoms with Crippen molar-refractivity contribution in [3.05, 3.63) is 72.9 Å². The van der Waals surface area contributed by atoms with Crippen molar-refractivity contribution in [2.75, 3.05) is 26.4 Å². The Morgan fingerprint density at radius 3 is 1.38 bits per heavy atom. The van der Waals surface area contributed by atoms with Crippen LogP contribution in [0.15, 0.2) is 72.9 Å². The summed E-state index contributed by atoms with van der Waals surface area (Å²) in [4.78, 5) is 13.3. The molecule has 3 saturated heterocycles. The summed E-state index contributed by atoms with van der Waals surface area (Å²) in [7, 11) is 0. The van der Waals surface area contributed by atoms with Gasteiger partial charge in [-0.25, -0.2) is 0 Å². The van der Waals surface area contributed by atoms with Gasteiger partial charge in [0.2, 0.25) is 5.91 Å². The predicted molar refractivity (Wildman–Crippen MR) is 295 cm³/mol. The van der Waals surface area contributed by atoms with Crippen molar-refractivity contribution in [3.63, 3.8) is 0 Å². The molecular formula is C59H101NO18. The lowest BCUT2D eigenvalue weighted by Gasteiger charge is -2.48. The van der Waals surface area contributed by atoms with E-state index in [0.717, 1.165) is 89.9 Å². The third-order valence-corrected chi connectivity index (χ3v) is 14.3. The molecule has 12 N–H and O–H groups in total. The van der Waals surface area contributed by atoms with Gasteiger partial charge in [0.05, 0.1) is 38.6 Å². The van der Waals surface area contributed by atoms with Crippen LogP contribution in [0.5, 0.6) is 0 Å². The number of carbonyl (C=O) groups excluding carboxylic acids is 1. The lowest BCUT2D eigenvalue weighted by molar-refractivity contribution is -0.379. The van der Waals surface area contributed by atoms with Gasteiger partial charge in [-0.15, -0.1) is 0 Å². The average Bonchev–Trinajstić information content (AvgIpc) is 3.46. The Hall–Kier alpha value is -2.77. The first kappa shape index (κ1) is 69.5. The number of ether oxygens (including phenoxy) is 6. The van der Waals surface area contributed by atoms with Gasteiger partial charge in [0.1, 0.15) is 73.2 Å². The van der Waals surface area contributed by atoms with Crippen LogP contribution in [-0.4, -0.2) is 193 Å². The molecule has 78 heavy (non-hydrogen) atoms. The highest BCUT2D eigenvalue weighted by Gasteiger charge is 2.53. The minimum Gasteiger partial charge on any atom is -0.394 e. The summed E-state index contributed by atoms with van der Waals surface area (Å²) in [6.45, 7) is 1.55. The van der Waals surface area contributed by atoms with Gasteiger partial charge in [-0.1, -0.05) is 164 Å². The van der Waals surface area contributed by atoms with Gasteiger partial charge < -0.3 is 89.9 Å². The van der Waals surface area contributed by atoms with Gasteiger partial charge in [0, 0.05) is 6.42 Å². The average molecular weight is 1110 g/mol. The van der Waals surface area contributed by atoms with Gasteiger partial charge in [-0.3, -0.25) is 4.79 Å². The van der Waals surface area contributed by atoms with E-state index in [4.69, 9.17) is 28.4 Å². The van der Waals surface area contributed by atoms with E-state index in [1.807, 2.05) is 6.08 Å². The Labute approximate surface area is 464 Å². The minimum atomic E-state index is -1.98. The largest absolute Gasteiger partial charge is 0.394 e. The van der Waals surface area contributed by atoms with Gasteiger partial charge in [0.25, 0.3) is 0 Å². The summed E-state index contributed by atoms with van der Waals surface area (Å²) in [5.41, 5.74) is 0. The lowest BCUT2D eigenvalue weighted by Crippen LogP contribution is -2.66. The Bertz CT molecular complexity index is 1710. The Balaban J connectivity index is 1.51. The molecule has 0 spiro atoms. The first-order chi connectivity index (χ1) is 37.8. The molecule has 0 aromatic rings. The van der Waals surface area contributed by atoms with Crippen LogP contribution in [0.1, 0.15) is 162 Å². The molecule has 0 aromatic carbocycles. The van der Waals surface area contributed by atoms with Crippen LogP contribution in [0.4, 0.5) is 0 Å². The molecule has 19 heteroatoms. The molecule has 0 saturated carbocycles. The number of aliphatic hydroxyl groups is 11. The normalized spacial score (nSPS) is 31.0. The lowest BCUT2D eigenvalue weighted by atomic mass is 9.96. The smallest absolute Gasteiger partial charge is 0.220 e. The predicted octanol–water partition coefficient (Wildman–Crippen LogP) is 4.65. The number of allylic oxidation sites excluding steroid dienone is 11. The second-order valence-electron chi connectivity index (χ2n) is 20.7. The number of carbonyl (C=O) groups is 1. The molecule has 3 fully saturated rings. The third kappa shape index (κ3) is 26.0. The molecule has 17 unspecified atom stereocenters. The van der Waals surface area contributed by atoms with Crippen LogP contribution in [-0.2, 0) is 33.2 Å². The summed E-state index contributed by atoms with van der Waals surface area (Å²) in [5.74, 6) is -0.299. The maximum atomic E-state index is 13.3. The van der Waals surface area contributed by atoms with Crippen LogP contribution >= 0.6 is 0 Å². The monoisotopic (exact) mass is 1110 g/mol. The van der Waals surface area contributed by atoms with Crippen molar-refractivity contribution in [2.45, 2.75) is 266 Å². The van der Waals surface area contributed by atoms with Crippen LogP contribution in [0, 0.1) is 0 Å². The highest BCUT2D eigenvalue weighted by molar-refractivity contribution is 5.76. The molecule has 0 radical (unpaired) electrons. The zero-order chi connectivity index (χ0) is 56.9. The Morgan fingerprint density at radius 2 is 0.885 bits per heavy atom. The molecule has 450 valence electrons. The number of aliphatic hydroxyl groups excluding tert-OH is 11. The zero-order valence-corrected chi connectivity index (χ0v) is 46.6. The molecule has 0 bridgehead atoms. The molecule has 1 amide bonds. The molecular weight excluding hydrogens is 1010 g/mol. The van der Waals surface area contributed by atoms with Gasteiger partial charge >= 0.3 is 0 Å². The summed E-state index contributed by atoms with van der Waals surface area (Å²) in [6.07, 6.45) is 21.7. The molecule has 3 aliphatic heterocycles. The Kier molecular flexibility index (Phi) is 37.5. The van der Waals surface area contributed by atoms with Gasteiger partial charge in [0.15, 0.2) is 18.9 Å². The molecule has 17 atom stereocenters. The van der Waals surface area contributed by atoms with Crippen LogP contribution < -0.4 is 5.32 Å². The maximum Gasteiger partial charge on any atom is 0.220 e. The quantitative estimate of drug-likeness (QED) is 0.0293. The van der Waals surface area contributed by atoms with E-state index in [1.54, 1.807) is 6.08 Å². The van der Waals surface area contributed by atoms with Crippen molar-refractivity contribution in [1.29, 1.82) is 0 Å². The number of hydrogen-bond donors (Lipinski definition) is 12. The molecule has 3 heterocycles. The van der Waals surface area contributed by atoms with Crippen molar-refractivity contribution in [2.24, 2.45) is 0 Å². The second kappa shape index (κ2) is 42.1. The molecule has 0 aliphatic carbocycles. The highest BCUT2D eigenvalue weighted by Crippen LogP contribution is 2.33. The fourth-order valence-corrected chi connectivity index (χ4v) is 9.45. The van der Waals surface area contributed by atoms with E-state index >= 15 is 0 Å². The van der Waals surface area contributed by atoms with Crippen molar-refractivity contribution < 1.29 is 89.4 Å². The SMILES string of the molecule is CC/C=C\C/C=C\C/C=C\C/C=C\C/C=C\CCCCCCCC(=O)NC(COC1OC(CO)C(OC2OC(CO)C(OC3OC(CO)C(O)C(O)C3O)C(O)C2O)C(O)C1O)C(O)/C=C/CCCCCCCCCCCC. The number of rotatable bonds is 41. The highest BCUT2D eigenvalue weighted by atomic mass is 16.8. The summed E-state index contributed by atoms with van der Waals surface area (Å²) in [5, 5.41) is 120. The van der Waals surface area contributed by atoms with E-state index in [1.165, 1.54) is 44.9 Å². The summed E-state index contributed by atoms with van der Waals surface area (Å²) < 4.78 is 34.2. The van der Waals surface area contributed by atoms with Crippen molar-refractivity contribution >= 4 is 5.91 Å². The molecule has 0 aromatic heterocycles. The van der Waals surface area contributed by atoms with E-state index in [9.17, 15) is 61.0 Å². The van der Waals surface area contributed by atoms with Crippen LogP contribution in [0.2, 0.25) is 0 Å². The van der Waals surface area contributed by atoms with Crippen molar-refractivity contribution in [3.8, 4) is 0 Å². The van der Waals surface area contributed by atoms with E-state index in [2.05, 4.69) is 79.9 Å². The van der Waals surface area contributed by atoms with Crippen LogP contribution in [0.25, 0.3) is 0 Å². The fraction of sp³-hybridized carbons (Fsp3) is 0.780. The maximum absolute atomic E-state index is 13.3. The second-order valence-corrected chi connectivity index (χ2v) is 20.7. The molecule has 3 aliphatic rings. The standard InChI is InChI=1S/C59H101NO18/c1-3-5-7-9-11-13-15-17-18-19-20-21-22-23-24-25-27-29-31-33-35-37-47(65)60-42(43(64)36-34-32-30-28-26-16-14-12-10-8-6-4-2)41-73-57-53(71)50(68)55(45(39-62)75-57)78-59-54(72)51(69)56(46(40-63)76-59)77-58-52(70)49(67)48(66)44(38-61)74-58/h5,7,11,13,17-18,20-21,23-24,34,36,42-46,48-59,61-64,66-72H,3-4,6,8-10,12,14-16,19,22,25-33,35,37-41H2,1-2H3,(H,60,65)/b7-5-,13-11-,18-17-,21-20-,24-23-,36-34+. The van der Waals surface area contributed by atoms with Gasteiger partial charge in [-0.2, -0.15) is 0 Å². The first-order valence-corrected chi connectivity index (χ1v) is 29.2. The Morgan fingerprint density at radius 1 is 0.474 bits per heavy atom.